The molecule has 0 saturated carbocycles. The predicted molar refractivity (Wildman–Crippen MR) is 112 cm³/mol. The zero-order chi connectivity index (χ0) is 23.8. The van der Waals surface area contributed by atoms with Gasteiger partial charge in [0.25, 0.3) is 10.0 Å². The Morgan fingerprint density at radius 3 is 2.53 bits per heavy atom. The van der Waals surface area contributed by atoms with Gasteiger partial charge < -0.3 is 10.0 Å². The zero-order valence-corrected chi connectivity index (χ0v) is 18.9. The van der Waals surface area contributed by atoms with Gasteiger partial charge in [-0.1, -0.05) is 6.92 Å². The number of carboxylic acids is 1. The van der Waals surface area contributed by atoms with Gasteiger partial charge in [0.15, 0.2) is 0 Å². The Hall–Kier alpha value is -2.18. The molecular formula is C20H22F4N2O4S2. The van der Waals surface area contributed by atoms with Crippen molar-refractivity contribution in [2.24, 2.45) is 5.92 Å². The highest BCUT2D eigenvalue weighted by molar-refractivity contribution is 7.91. The number of benzene rings is 1. The second-order valence-electron chi connectivity index (χ2n) is 7.73. The van der Waals surface area contributed by atoms with Crippen molar-refractivity contribution >= 4 is 33.0 Å². The van der Waals surface area contributed by atoms with E-state index in [4.69, 9.17) is 5.11 Å². The van der Waals surface area contributed by atoms with Crippen LogP contribution in [-0.4, -0.2) is 49.5 Å². The Balaban J connectivity index is 1.79. The molecular weight excluding hydrogens is 472 g/mol. The summed E-state index contributed by atoms with van der Waals surface area (Å²) >= 11 is 0.989. The molecule has 2 atom stereocenters. The first kappa shape index (κ1) is 24.5. The number of alkyl halides is 3. The maximum Gasteiger partial charge on any atom is 0.418 e. The summed E-state index contributed by atoms with van der Waals surface area (Å²) in [5, 5.41) is 9.03. The van der Waals surface area contributed by atoms with Crippen LogP contribution in [0.15, 0.2) is 34.5 Å². The van der Waals surface area contributed by atoms with E-state index in [9.17, 15) is 30.8 Å². The lowest BCUT2D eigenvalue weighted by Gasteiger charge is -2.40. The molecule has 1 aliphatic rings. The molecule has 2 aromatic rings. The fourth-order valence-electron chi connectivity index (χ4n) is 3.64. The molecule has 0 aliphatic carbocycles. The van der Waals surface area contributed by atoms with E-state index in [0.717, 1.165) is 23.5 Å². The number of nitrogens with zero attached hydrogens (tertiary/aromatic N) is 2. The molecule has 6 nitrogen and oxygen atoms in total. The molecule has 0 spiro atoms. The number of thiophene rings is 1. The second-order valence-corrected chi connectivity index (χ2v) is 11.0. The summed E-state index contributed by atoms with van der Waals surface area (Å²) in [5.41, 5.74) is -1.29. The van der Waals surface area contributed by atoms with Gasteiger partial charge in [0.2, 0.25) is 0 Å². The summed E-state index contributed by atoms with van der Waals surface area (Å²) in [7, 11) is -3.90. The van der Waals surface area contributed by atoms with Crippen LogP contribution in [0.5, 0.6) is 0 Å². The number of piperazine rings is 1. The van der Waals surface area contributed by atoms with Gasteiger partial charge in [0.1, 0.15) is 10.0 Å². The van der Waals surface area contributed by atoms with Crippen molar-refractivity contribution < 1.29 is 35.9 Å². The van der Waals surface area contributed by atoms with Gasteiger partial charge in [-0.3, -0.25) is 4.79 Å². The lowest BCUT2D eigenvalue weighted by atomic mass is 10.1. The van der Waals surface area contributed by atoms with E-state index >= 15 is 0 Å². The van der Waals surface area contributed by atoms with Crippen LogP contribution >= 0.6 is 11.3 Å². The fraction of sp³-hybridized carbons (Fsp3) is 0.450. The van der Waals surface area contributed by atoms with Crippen molar-refractivity contribution in [3.8, 4) is 0 Å². The quantitative estimate of drug-likeness (QED) is 0.613. The molecule has 1 N–H and O–H groups in total. The van der Waals surface area contributed by atoms with E-state index in [0.29, 0.717) is 10.9 Å². The minimum atomic E-state index is -4.75. The molecule has 176 valence electrons. The minimum absolute atomic E-state index is 0.00221. The summed E-state index contributed by atoms with van der Waals surface area (Å²) in [6.07, 6.45) is -4.55. The Morgan fingerprint density at radius 2 is 1.94 bits per heavy atom. The number of halogens is 4. The molecule has 1 aromatic carbocycles. The summed E-state index contributed by atoms with van der Waals surface area (Å²) in [5.74, 6) is -2.64. The smallest absolute Gasteiger partial charge is 0.418 e. The van der Waals surface area contributed by atoms with Crippen LogP contribution in [0.3, 0.4) is 0 Å². The molecule has 32 heavy (non-hydrogen) atoms. The molecule has 1 fully saturated rings. The molecule has 1 saturated heterocycles. The highest BCUT2D eigenvalue weighted by Gasteiger charge is 2.39. The summed E-state index contributed by atoms with van der Waals surface area (Å²) < 4.78 is 81.1. The highest BCUT2D eigenvalue weighted by Crippen LogP contribution is 2.38. The minimum Gasteiger partial charge on any atom is -0.481 e. The summed E-state index contributed by atoms with van der Waals surface area (Å²) in [6.45, 7) is 3.09. The SMILES string of the molecule is CC(Cc1ccc(S(=O)(=O)N2CCN(c3ccc(F)cc3C(F)(F)F)C[C@H]2C)s1)C(=O)O. The van der Waals surface area contributed by atoms with Gasteiger partial charge in [-0.25, -0.2) is 12.8 Å². The number of anilines is 1. The second kappa shape index (κ2) is 8.99. The topological polar surface area (TPSA) is 77.9 Å². The lowest BCUT2D eigenvalue weighted by Crippen LogP contribution is -2.54. The average molecular weight is 495 g/mol. The monoisotopic (exact) mass is 494 g/mol. The van der Waals surface area contributed by atoms with E-state index < -0.39 is 45.5 Å². The summed E-state index contributed by atoms with van der Waals surface area (Å²) in [6, 6.07) is 4.81. The van der Waals surface area contributed by atoms with Crippen LogP contribution in [0.2, 0.25) is 0 Å². The normalized spacial score (nSPS) is 19.2. The van der Waals surface area contributed by atoms with E-state index in [2.05, 4.69) is 0 Å². The van der Waals surface area contributed by atoms with Crippen LogP contribution in [0.25, 0.3) is 0 Å². The van der Waals surface area contributed by atoms with Gasteiger partial charge in [-0.2, -0.15) is 17.5 Å². The molecule has 0 bridgehead atoms. The first-order chi connectivity index (χ1) is 14.8. The first-order valence-electron chi connectivity index (χ1n) is 9.75. The Labute approximate surface area is 187 Å². The molecule has 12 heteroatoms. The number of hydrogen-bond acceptors (Lipinski definition) is 5. The number of sulfonamides is 1. The summed E-state index contributed by atoms with van der Waals surface area (Å²) in [4.78, 5) is 13.1. The van der Waals surface area contributed by atoms with E-state index in [-0.39, 0.29) is 36.0 Å². The van der Waals surface area contributed by atoms with E-state index in [1.54, 1.807) is 13.0 Å². The molecule has 3 rings (SSSR count). The van der Waals surface area contributed by atoms with Crippen molar-refractivity contribution in [3.05, 3.63) is 46.6 Å². The molecule has 0 radical (unpaired) electrons. The number of hydrogen-bond donors (Lipinski definition) is 1. The van der Waals surface area contributed by atoms with Crippen LogP contribution < -0.4 is 4.90 Å². The van der Waals surface area contributed by atoms with Crippen molar-refractivity contribution in [2.75, 3.05) is 24.5 Å². The third kappa shape index (κ3) is 5.07. The third-order valence-corrected chi connectivity index (χ3v) is 8.89. The van der Waals surface area contributed by atoms with Gasteiger partial charge in [-0.05, 0) is 43.7 Å². The third-order valence-electron chi connectivity index (χ3n) is 5.30. The standard InChI is InChI=1S/C20H22F4N2O4S2/c1-12(19(27)28)9-15-4-6-18(31-15)32(29,30)26-8-7-25(11-13(26)2)17-5-3-14(21)10-16(17)20(22,23)24/h3-6,10,12-13H,7-9,11H2,1-2H3,(H,27,28)/t12?,13-/m1/s1. The highest BCUT2D eigenvalue weighted by atomic mass is 32.2. The number of carboxylic acid groups (broad SMARTS) is 1. The number of aliphatic carboxylic acids is 1. The number of carbonyl (C=O) groups is 1. The van der Waals surface area contributed by atoms with Crippen molar-refractivity contribution in [1.82, 2.24) is 4.31 Å². The Kier molecular flexibility index (Phi) is 6.87. The van der Waals surface area contributed by atoms with Gasteiger partial charge >= 0.3 is 12.1 Å². The van der Waals surface area contributed by atoms with E-state index in [1.807, 2.05) is 0 Å². The van der Waals surface area contributed by atoms with Crippen molar-refractivity contribution in [1.29, 1.82) is 0 Å². The molecule has 1 aromatic heterocycles. The van der Waals surface area contributed by atoms with Crippen LogP contribution in [0.4, 0.5) is 23.2 Å². The molecule has 1 unspecified atom stereocenters. The number of rotatable bonds is 6. The van der Waals surface area contributed by atoms with Crippen LogP contribution in [0, 0.1) is 11.7 Å². The maximum absolute atomic E-state index is 13.4. The Morgan fingerprint density at radius 1 is 1.25 bits per heavy atom. The van der Waals surface area contributed by atoms with Gasteiger partial charge in [0, 0.05) is 36.2 Å². The lowest BCUT2D eigenvalue weighted by molar-refractivity contribution is -0.141. The molecule has 1 aliphatic heterocycles. The van der Waals surface area contributed by atoms with Crippen molar-refractivity contribution in [2.45, 2.75) is 36.7 Å². The van der Waals surface area contributed by atoms with Crippen LogP contribution in [0.1, 0.15) is 24.3 Å². The van der Waals surface area contributed by atoms with E-state index in [1.165, 1.54) is 22.2 Å². The molecule has 2 heterocycles. The first-order valence-corrected chi connectivity index (χ1v) is 12.0. The largest absolute Gasteiger partial charge is 0.481 e. The average Bonchev–Trinajstić information content (AvgIpc) is 3.16. The fourth-order valence-corrected chi connectivity index (χ4v) is 6.87. The van der Waals surface area contributed by atoms with Crippen molar-refractivity contribution in [3.63, 3.8) is 0 Å². The van der Waals surface area contributed by atoms with Gasteiger partial charge in [-0.15, -0.1) is 11.3 Å². The van der Waals surface area contributed by atoms with Gasteiger partial charge in [0.05, 0.1) is 11.5 Å². The zero-order valence-electron chi connectivity index (χ0n) is 17.3. The Bertz CT molecular complexity index is 1100. The molecule has 0 amide bonds. The van der Waals surface area contributed by atoms with Crippen LogP contribution in [-0.2, 0) is 27.4 Å². The maximum atomic E-state index is 13.4. The predicted octanol–water partition coefficient (Wildman–Crippen LogP) is 4.07.